The predicted octanol–water partition coefficient (Wildman–Crippen LogP) is 2.48. The minimum absolute atomic E-state index is 0.0105. The van der Waals surface area contributed by atoms with Crippen LogP contribution in [-0.4, -0.2) is 23.7 Å². The number of piperidine rings is 1. The van der Waals surface area contributed by atoms with E-state index >= 15 is 0 Å². The number of aliphatic hydroxyl groups is 1. The topological polar surface area (TPSA) is 40.5 Å². The van der Waals surface area contributed by atoms with Gasteiger partial charge in [-0.3, -0.25) is 4.79 Å². The maximum Gasteiger partial charge on any atom is 0.227 e. The van der Waals surface area contributed by atoms with Crippen molar-refractivity contribution in [1.29, 1.82) is 0 Å². The van der Waals surface area contributed by atoms with Crippen LogP contribution in [0, 0.1) is 0 Å². The molecule has 86 valence electrons. The number of carbonyl (C=O) groups excluding carboxylic acids is 1. The van der Waals surface area contributed by atoms with Gasteiger partial charge in [0, 0.05) is 22.2 Å². The molecule has 1 heterocycles. The number of anilines is 1. The summed E-state index contributed by atoms with van der Waals surface area (Å²) in [6.07, 6.45) is 0.394. The van der Waals surface area contributed by atoms with E-state index in [4.69, 9.17) is 23.2 Å². The molecule has 0 spiro atoms. The van der Waals surface area contributed by atoms with Gasteiger partial charge in [-0.05, 0) is 24.6 Å². The van der Waals surface area contributed by atoms with Gasteiger partial charge in [0.05, 0.1) is 12.6 Å². The molecule has 2 rings (SSSR count). The summed E-state index contributed by atoms with van der Waals surface area (Å²) in [5, 5.41) is 10.5. The SMILES string of the molecule is O=C1CCC(O)CN1c1cc(Cl)cc(Cl)c1. The van der Waals surface area contributed by atoms with Gasteiger partial charge < -0.3 is 10.0 Å². The van der Waals surface area contributed by atoms with E-state index < -0.39 is 6.10 Å². The van der Waals surface area contributed by atoms with Crippen LogP contribution in [0.1, 0.15) is 12.8 Å². The molecule has 1 atom stereocenters. The van der Waals surface area contributed by atoms with E-state index in [1.807, 2.05) is 0 Å². The largest absolute Gasteiger partial charge is 0.391 e. The number of hydrogen-bond donors (Lipinski definition) is 1. The molecule has 1 aliphatic rings. The van der Waals surface area contributed by atoms with Crippen molar-refractivity contribution in [3.8, 4) is 0 Å². The van der Waals surface area contributed by atoms with Crippen LogP contribution >= 0.6 is 23.2 Å². The average Bonchev–Trinajstić information content (AvgIpc) is 2.20. The predicted molar refractivity (Wildman–Crippen MR) is 64.1 cm³/mol. The van der Waals surface area contributed by atoms with Crippen molar-refractivity contribution in [3.63, 3.8) is 0 Å². The highest BCUT2D eigenvalue weighted by Gasteiger charge is 2.25. The van der Waals surface area contributed by atoms with Crippen molar-refractivity contribution in [1.82, 2.24) is 0 Å². The Morgan fingerprint density at radius 2 is 1.88 bits per heavy atom. The van der Waals surface area contributed by atoms with E-state index in [0.717, 1.165) is 0 Å². The maximum atomic E-state index is 11.7. The molecule has 1 N–H and O–H groups in total. The molecule has 1 aromatic carbocycles. The van der Waals surface area contributed by atoms with Gasteiger partial charge >= 0.3 is 0 Å². The molecular weight excluding hydrogens is 249 g/mol. The zero-order valence-electron chi connectivity index (χ0n) is 8.49. The summed E-state index contributed by atoms with van der Waals surface area (Å²) in [5.74, 6) is -0.0105. The number of hydrogen-bond acceptors (Lipinski definition) is 2. The van der Waals surface area contributed by atoms with Gasteiger partial charge in [-0.25, -0.2) is 0 Å². The van der Waals surface area contributed by atoms with E-state index in [1.165, 1.54) is 4.90 Å². The Morgan fingerprint density at radius 3 is 2.50 bits per heavy atom. The molecule has 1 aromatic rings. The van der Waals surface area contributed by atoms with E-state index in [0.29, 0.717) is 35.1 Å². The number of benzene rings is 1. The first-order valence-corrected chi connectivity index (χ1v) is 5.76. The first-order chi connectivity index (χ1) is 7.56. The Bertz CT molecular complexity index is 402. The van der Waals surface area contributed by atoms with Gasteiger partial charge in [-0.1, -0.05) is 23.2 Å². The van der Waals surface area contributed by atoms with Crippen LogP contribution in [-0.2, 0) is 4.79 Å². The standard InChI is InChI=1S/C11H11Cl2NO2/c12-7-3-8(13)5-9(4-7)14-6-10(15)1-2-11(14)16/h3-5,10,15H,1-2,6H2. The number of amides is 1. The average molecular weight is 260 g/mol. The molecule has 1 aliphatic heterocycles. The lowest BCUT2D eigenvalue weighted by molar-refractivity contribution is -0.121. The van der Waals surface area contributed by atoms with Crippen molar-refractivity contribution < 1.29 is 9.90 Å². The number of halogens is 2. The fourth-order valence-corrected chi connectivity index (χ4v) is 2.29. The Kier molecular flexibility index (Phi) is 3.38. The minimum Gasteiger partial charge on any atom is -0.391 e. The monoisotopic (exact) mass is 259 g/mol. The van der Waals surface area contributed by atoms with Crippen molar-refractivity contribution >= 4 is 34.8 Å². The molecule has 1 saturated heterocycles. The second-order valence-electron chi connectivity index (χ2n) is 3.82. The zero-order chi connectivity index (χ0) is 11.7. The van der Waals surface area contributed by atoms with Gasteiger partial charge in [0.2, 0.25) is 5.91 Å². The molecule has 0 saturated carbocycles. The lowest BCUT2D eigenvalue weighted by atomic mass is 10.1. The number of nitrogens with zero attached hydrogens (tertiary/aromatic N) is 1. The lowest BCUT2D eigenvalue weighted by Gasteiger charge is -2.30. The van der Waals surface area contributed by atoms with Crippen molar-refractivity contribution in [2.24, 2.45) is 0 Å². The van der Waals surface area contributed by atoms with Gasteiger partial charge in [-0.2, -0.15) is 0 Å². The normalized spacial score (nSPS) is 21.3. The fourth-order valence-electron chi connectivity index (χ4n) is 1.77. The first-order valence-electron chi connectivity index (χ1n) is 5.01. The third kappa shape index (κ3) is 2.48. The van der Waals surface area contributed by atoms with Crippen LogP contribution < -0.4 is 4.90 Å². The fraction of sp³-hybridized carbons (Fsp3) is 0.364. The molecule has 0 aliphatic carbocycles. The van der Waals surface area contributed by atoms with E-state index in [-0.39, 0.29) is 5.91 Å². The molecule has 1 unspecified atom stereocenters. The smallest absolute Gasteiger partial charge is 0.227 e. The van der Waals surface area contributed by atoms with Crippen LogP contribution in [0.3, 0.4) is 0 Å². The summed E-state index contributed by atoms with van der Waals surface area (Å²) < 4.78 is 0. The summed E-state index contributed by atoms with van der Waals surface area (Å²) in [7, 11) is 0. The van der Waals surface area contributed by atoms with Crippen molar-refractivity contribution in [2.75, 3.05) is 11.4 Å². The molecule has 5 heteroatoms. The number of aliphatic hydroxyl groups excluding tert-OH is 1. The van der Waals surface area contributed by atoms with Crippen LogP contribution in [0.25, 0.3) is 0 Å². The molecule has 0 aromatic heterocycles. The Morgan fingerprint density at radius 1 is 1.25 bits per heavy atom. The zero-order valence-corrected chi connectivity index (χ0v) is 10.0. The van der Waals surface area contributed by atoms with Gasteiger partial charge in [0.25, 0.3) is 0 Å². The molecule has 3 nitrogen and oxygen atoms in total. The van der Waals surface area contributed by atoms with Crippen LogP contribution in [0.5, 0.6) is 0 Å². The van der Waals surface area contributed by atoms with Crippen LogP contribution in [0.2, 0.25) is 10.0 Å². The van der Waals surface area contributed by atoms with E-state index in [9.17, 15) is 9.90 Å². The summed E-state index contributed by atoms with van der Waals surface area (Å²) in [6.45, 7) is 0.301. The van der Waals surface area contributed by atoms with Gasteiger partial charge in [0.1, 0.15) is 0 Å². The third-order valence-electron chi connectivity index (χ3n) is 2.54. The van der Waals surface area contributed by atoms with Crippen LogP contribution in [0.15, 0.2) is 18.2 Å². The highest BCUT2D eigenvalue weighted by Crippen LogP contribution is 2.28. The summed E-state index contributed by atoms with van der Waals surface area (Å²) in [6, 6.07) is 4.95. The Labute approximate surface area is 104 Å². The van der Waals surface area contributed by atoms with E-state index in [1.54, 1.807) is 18.2 Å². The number of rotatable bonds is 1. The van der Waals surface area contributed by atoms with Crippen molar-refractivity contribution in [2.45, 2.75) is 18.9 Å². The van der Waals surface area contributed by atoms with Gasteiger partial charge in [-0.15, -0.1) is 0 Å². The quantitative estimate of drug-likeness (QED) is 0.842. The Balaban J connectivity index is 2.31. The second kappa shape index (κ2) is 4.62. The number of β-amino-alcohol motifs (C(OH)–C–C–N with tert-alkyl or cyclic N) is 1. The molecule has 1 amide bonds. The molecule has 1 fully saturated rings. The highest BCUT2D eigenvalue weighted by molar-refractivity contribution is 6.35. The maximum absolute atomic E-state index is 11.7. The Hall–Kier alpha value is -0.770. The van der Waals surface area contributed by atoms with Crippen LogP contribution in [0.4, 0.5) is 5.69 Å². The summed E-state index contributed by atoms with van der Waals surface area (Å²) in [5.41, 5.74) is 0.640. The minimum atomic E-state index is -0.476. The molecule has 0 radical (unpaired) electrons. The van der Waals surface area contributed by atoms with E-state index in [2.05, 4.69) is 0 Å². The molecule has 0 bridgehead atoms. The second-order valence-corrected chi connectivity index (χ2v) is 4.70. The molecular formula is C11H11Cl2NO2. The first kappa shape index (κ1) is 11.7. The van der Waals surface area contributed by atoms with Gasteiger partial charge in [0.15, 0.2) is 0 Å². The summed E-state index contributed by atoms with van der Waals surface area (Å²) >= 11 is 11.7. The highest BCUT2D eigenvalue weighted by atomic mass is 35.5. The van der Waals surface area contributed by atoms with Crippen molar-refractivity contribution in [3.05, 3.63) is 28.2 Å². The lowest BCUT2D eigenvalue weighted by Crippen LogP contribution is -2.42. The summed E-state index contributed by atoms with van der Waals surface area (Å²) in [4.78, 5) is 13.2. The third-order valence-corrected chi connectivity index (χ3v) is 2.98. The molecule has 16 heavy (non-hydrogen) atoms. The number of carbonyl (C=O) groups is 1.